The highest BCUT2D eigenvalue weighted by molar-refractivity contribution is 7.90. The Kier molecular flexibility index (Phi) is 2.67. The van der Waals surface area contributed by atoms with Gasteiger partial charge in [-0.2, -0.15) is 0 Å². The normalized spacial score (nSPS) is 18.2. The quantitative estimate of drug-likeness (QED) is 0.492. The van der Waals surface area contributed by atoms with Crippen LogP contribution in [0.2, 0.25) is 0 Å². The first-order chi connectivity index (χ1) is 5.17. The highest BCUT2D eigenvalue weighted by atomic mass is 32.2. The van der Waals surface area contributed by atoms with Crippen molar-refractivity contribution in [2.45, 2.75) is 24.5 Å². The predicted molar refractivity (Wildman–Crippen MR) is 44.8 cm³/mol. The Balaban J connectivity index is 2.28. The first-order valence-corrected chi connectivity index (χ1v) is 5.31. The van der Waals surface area contributed by atoms with Gasteiger partial charge in [-0.15, -0.1) is 6.58 Å². The molecular formula is C7H13NO2S. The second-order valence-electron chi connectivity index (χ2n) is 2.72. The molecule has 0 unspecified atom stereocenters. The van der Waals surface area contributed by atoms with Crippen molar-refractivity contribution in [1.29, 1.82) is 0 Å². The van der Waals surface area contributed by atoms with Crippen LogP contribution in [0.25, 0.3) is 0 Å². The summed E-state index contributed by atoms with van der Waals surface area (Å²) in [7, 11) is -2.96. The maximum Gasteiger partial charge on any atom is 0.214 e. The van der Waals surface area contributed by atoms with Gasteiger partial charge in [0.15, 0.2) is 0 Å². The summed E-state index contributed by atoms with van der Waals surface area (Å²) in [6.45, 7) is 3.99. The Morgan fingerprint density at radius 1 is 1.55 bits per heavy atom. The molecule has 0 saturated heterocycles. The summed E-state index contributed by atoms with van der Waals surface area (Å²) in [6.07, 6.45) is 4.05. The molecule has 0 aliphatic heterocycles. The van der Waals surface area contributed by atoms with Crippen LogP contribution in [0.5, 0.6) is 0 Å². The zero-order chi connectivity index (χ0) is 8.32. The van der Waals surface area contributed by atoms with E-state index in [-0.39, 0.29) is 5.25 Å². The molecule has 11 heavy (non-hydrogen) atoms. The van der Waals surface area contributed by atoms with Gasteiger partial charge in [0.1, 0.15) is 0 Å². The molecule has 0 aromatic rings. The number of sulfonamides is 1. The van der Waals surface area contributed by atoms with E-state index in [1.165, 1.54) is 0 Å². The number of nitrogens with one attached hydrogen (secondary N) is 1. The van der Waals surface area contributed by atoms with Crippen LogP contribution in [-0.4, -0.2) is 20.2 Å². The summed E-state index contributed by atoms with van der Waals surface area (Å²) in [5, 5.41) is -0.104. The van der Waals surface area contributed by atoms with Gasteiger partial charge in [0.25, 0.3) is 0 Å². The average Bonchev–Trinajstić information content (AvgIpc) is 2.68. The maximum atomic E-state index is 11.1. The molecule has 0 aromatic carbocycles. The molecule has 3 nitrogen and oxygen atoms in total. The van der Waals surface area contributed by atoms with Crippen molar-refractivity contribution >= 4 is 10.0 Å². The third kappa shape index (κ3) is 2.63. The molecular weight excluding hydrogens is 162 g/mol. The van der Waals surface area contributed by atoms with Gasteiger partial charge >= 0.3 is 0 Å². The Morgan fingerprint density at radius 2 is 2.18 bits per heavy atom. The molecule has 0 spiro atoms. The smallest absolute Gasteiger partial charge is 0.214 e. The van der Waals surface area contributed by atoms with E-state index in [2.05, 4.69) is 11.3 Å². The molecule has 64 valence electrons. The van der Waals surface area contributed by atoms with Gasteiger partial charge in [0.2, 0.25) is 10.0 Å². The predicted octanol–water partition coefficient (Wildman–Crippen LogP) is 0.644. The monoisotopic (exact) mass is 175 g/mol. The van der Waals surface area contributed by atoms with Gasteiger partial charge in [-0.3, -0.25) is 0 Å². The minimum atomic E-state index is -2.96. The molecule has 0 heterocycles. The van der Waals surface area contributed by atoms with Gasteiger partial charge in [0.05, 0.1) is 5.25 Å². The molecule has 0 aromatic heterocycles. The summed E-state index contributed by atoms with van der Waals surface area (Å²) in [5.74, 6) is 0. The van der Waals surface area contributed by atoms with Gasteiger partial charge in [-0.05, 0) is 19.3 Å². The van der Waals surface area contributed by atoms with Crippen LogP contribution in [0.15, 0.2) is 12.7 Å². The molecule has 0 atom stereocenters. The van der Waals surface area contributed by atoms with E-state index in [9.17, 15) is 8.42 Å². The summed E-state index contributed by atoms with van der Waals surface area (Å²) in [4.78, 5) is 0. The highest BCUT2D eigenvalue weighted by Gasteiger charge is 2.34. The number of rotatable bonds is 5. The van der Waals surface area contributed by atoms with E-state index in [0.717, 1.165) is 12.8 Å². The molecule has 1 aliphatic rings. The van der Waals surface area contributed by atoms with Gasteiger partial charge in [-0.1, -0.05) is 6.08 Å². The largest absolute Gasteiger partial charge is 0.215 e. The fourth-order valence-electron chi connectivity index (χ4n) is 0.799. The van der Waals surface area contributed by atoms with Crippen molar-refractivity contribution in [3.05, 3.63) is 12.7 Å². The van der Waals surface area contributed by atoms with Gasteiger partial charge in [0, 0.05) is 6.54 Å². The fraction of sp³-hybridized carbons (Fsp3) is 0.714. The molecule has 1 fully saturated rings. The minimum absolute atomic E-state index is 0.104. The fourth-order valence-corrected chi connectivity index (χ4v) is 2.19. The SMILES string of the molecule is C=CCCNS(=O)(=O)C1CC1. The summed E-state index contributed by atoms with van der Waals surface area (Å²) in [5.41, 5.74) is 0. The van der Waals surface area contributed by atoms with Crippen LogP contribution in [0, 0.1) is 0 Å². The lowest BCUT2D eigenvalue weighted by molar-refractivity contribution is 0.581. The third-order valence-corrected chi connectivity index (χ3v) is 3.57. The Hall–Kier alpha value is -0.350. The lowest BCUT2D eigenvalue weighted by atomic mass is 10.4. The summed E-state index contributed by atoms with van der Waals surface area (Å²) >= 11 is 0. The van der Waals surface area contributed by atoms with Crippen LogP contribution in [-0.2, 0) is 10.0 Å². The second-order valence-corrected chi connectivity index (χ2v) is 4.76. The van der Waals surface area contributed by atoms with Crippen LogP contribution in [0.1, 0.15) is 19.3 Å². The molecule has 1 aliphatic carbocycles. The van der Waals surface area contributed by atoms with Crippen molar-refractivity contribution in [2.75, 3.05) is 6.54 Å². The van der Waals surface area contributed by atoms with Crippen molar-refractivity contribution < 1.29 is 8.42 Å². The van der Waals surface area contributed by atoms with Crippen LogP contribution in [0.3, 0.4) is 0 Å². The van der Waals surface area contributed by atoms with Crippen molar-refractivity contribution in [3.63, 3.8) is 0 Å². The third-order valence-electron chi connectivity index (χ3n) is 1.61. The minimum Gasteiger partial charge on any atom is -0.215 e. The topological polar surface area (TPSA) is 46.2 Å². The molecule has 1 rings (SSSR count). The Morgan fingerprint density at radius 3 is 2.64 bits per heavy atom. The van der Waals surface area contributed by atoms with Crippen molar-refractivity contribution in [3.8, 4) is 0 Å². The van der Waals surface area contributed by atoms with E-state index in [1.54, 1.807) is 6.08 Å². The first kappa shape index (κ1) is 8.74. The average molecular weight is 175 g/mol. The van der Waals surface area contributed by atoms with Crippen LogP contribution < -0.4 is 4.72 Å². The van der Waals surface area contributed by atoms with E-state index < -0.39 is 10.0 Å². The van der Waals surface area contributed by atoms with Crippen LogP contribution in [0.4, 0.5) is 0 Å². The van der Waals surface area contributed by atoms with E-state index in [0.29, 0.717) is 13.0 Å². The Labute approximate surface area is 67.5 Å². The molecule has 4 heteroatoms. The molecule has 0 bridgehead atoms. The summed E-state index contributed by atoms with van der Waals surface area (Å²) in [6, 6.07) is 0. The highest BCUT2D eigenvalue weighted by Crippen LogP contribution is 2.27. The Bertz CT molecular complexity index is 229. The number of hydrogen-bond acceptors (Lipinski definition) is 2. The molecule has 1 saturated carbocycles. The molecule has 0 amide bonds. The molecule has 1 N–H and O–H groups in total. The zero-order valence-electron chi connectivity index (χ0n) is 6.41. The molecule has 0 radical (unpaired) electrons. The van der Waals surface area contributed by atoms with Gasteiger partial charge < -0.3 is 0 Å². The van der Waals surface area contributed by atoms with E-state index in [1.807, 2.05) is 0 Å². The van der Waals surface area contributed by atoms with E-state index >= 15 is 0 Å². The lowest BCUT2D eigenvalue weighted by Crippen LogP contribution is -2.27. The van der Waals surface area contributed by atoms with Crippen molar-refractivity contribution in [2.24, 2.45) is 0 Å². The lowest BCUT2D eigenvalue weighted by Gasteiger charge is -2.01. The summed E-state index contributed by atoms with van der Waals surface area (Å²) < 4.78 is 24.8. The second kappa shape index (κ2) is 3.36. The number of hydrogen-bond donors (Lipinski definition) is 1. The van der Waals surface area contributed by atoms with Gasteiger partial charge in [-0.25, -0.2) is 13.1 Å². The standard InChI is InChI=1S/C7H13NO2S/c1-2-3-6-8-11(9,10)7-4-5-7/h2,7-8H,1,3-6H2. The zero-order valence-corrected chi connectivity index (χ0v) is 7.23. The first-order valence-electron chi connectivity index (χ1n) is 3.76. The van der Waals surface area contributed by atoms with Crippen LogP contribution >= 0.6 is 0 Å². The maximum absolute atomic E-state index is 11.1. The van der Waals surface area contributed by atoms with Crippen molar-refractivity contribution in [1.82, 2.24) is 4.72 Å². The van der Waals surface area contributed by atoms with E-state index in [4.69, 9.17) is 0 Å².